The van der Waals surface area contributed by atoms with Gasteiger partial charge in [0.25, 0.3) is 0 Å². The third-order valence-corrected chi connectivity index (χ3v) is 3.20. The van der Waals surface area contributed by atoms with Crippen molar-refractivity contribution in [2.75, 3.05) is 30.9 Å². The van der Waals surface area contributed by atoms with Gasteiger partial charge < -0.3 is 9.79 Å². The maximum Gasteiger partial charge on any atom is 0.339 e. The lowest BCUT2D eigenvalue weighted by Crippen LogP contribution is -2.33. The molecular formula is C5H12NO3PS. The monoisotopic (exact) mass is 197 g/mol. The van der Waals surface area contributed by atoms with Crippen molar-refractivity contribution in [2.45, 2.75) is 0 Å². The number of nitrogens with zero attached hydrogens (tertiary/aromatic N) is 1. The highest BCUT2D eigenvalue weighted by Crippen LogP contribution is 2.35. The molecule has 1 fully saturated rings. The Morgan fingerprint density at radius 2 is 1.91 bits per heavy atom. The Kier molecular flexibility index (Phi) is 3.40. The lowest BCUT2D eigenvalue weighted by atomic mass is 10.6. The van der Waals surface area contributed by atoms with Crippen LogP contribution >= 0.6 is 19.4 Å². The molecule has 6 heteroatoms. The zero-order valence-electron chi connectivity index (χ0n) is 6.14. The van der Waals surface area contributed by atoms with Crippen LogP contribution in [-0.4, -0.2) is 45.6 Å². The molecule has 1 heterocycles. The smallest absolute Gasteiger partial charge is 0.324 e. The Labute approximate surface area is 70.1 Å². The molecule has 4 nitrogen and oxygen atoms in total. The van der Waals surface area contributed by atoms with Crippen LogP contribution in [0.25, 0.3) is 0 Å². The largest absolute Gasteiger partial charge is 0.339 e. The van der Waals surface area contributed by atoms with Crippen LogP contribution in [0.2, 0.25) is 0 Å². The van der Waals surface area contributed by atoms with E-state index in [1.54, 1.807) is 0 Å². The molecule has 0 unspecified atom stereocenters. The summed E-state index contributed by atoms with van der Waals surface area (Å²) in [6.07, 6.45) is -0.0758. The fraction of sp³-hybridized carbons (Fsp3) is 1.00. The van der Waals surface area contributed by atoms with E-state index in [4.69, 9.17) is 9.79 Å². The van der Waals surface area contributed by atoms with E-state index in [1.165, 1.54) is 0 Å². The summed E-state index contributed by atoms with van der Waals surface area (Å²) in [4.78, 5) is 19.1. The minimum atomic E-state index is -3.82. The van der Waals surface area contributed by atoms with Crippen LogP contribution in [0.5, 0.6) is 0 Å². The molecule has 0 aromatic rings. The summed E-state index contributed by atoms with van der Waals surface area (Å²) < 4.78 is 10.5. The van der Waals surface area contributed by atoms with E-state index >= 15 is 0 Å². The fourth-order valence-corrected chi connectivity index (χ4v) is 2.79. The standard InChI is InChI=1S/C5H12NO3PS/c7-10(8,9)5-6-1-3-11-4-2-6/h1-5H2,(H2,7,8,9). The van der Waals surface area contributed by atoms with Crippen molar-refractivity contribution >= 4 is 19.4 Å². The molecule has 1 saturated heterocycles. The lowest BCUT2D eigenvalue weighted by molar-refractivity contribution is 0.295. The molecule has 0 aromatic heterocycles. The predicted molar refractivity (Wildman–Crippen MR) is 45.8 cm³/mol. The average Bonchev–Trinajstić information content (AvgIpc) is 1.85. The van der Waals surface area contributed by atoms with Crippen LogP contribution < -0.4 is 0 Å². The van der Waals surface area contributed by atoms with Gasteiger partial charge in [0.05, 0.1) is 0 Å². The molecule has 0 saturated carbocycles. The summed E-state index contributed by atoms with van der Waals surface area (Å²) >= 11 is 1.83. The molecule has 11 heavy (non-hydrogen) atoms. The molecule has 1 aliphatic rings. The summed E-state index contributed by atoms with van der Waals surface area (Å²) in [5, 5.41) is 0. The highest BCUT2D eigenvalue weighted by molar-refractivity contribution is 7.99. The van der Waals surface area contributed by atoms with E-state index in [1.807, 2.05) is 16.7 Å². The van der Waals surface area contributed by atoms with Gasteiger partial charge in [-0.1, -0.05) is 0 Å². The fourth-order valence-electron chi connectivity index (χ4n) is 1.00. The van der Waals surface area contributed by atoms with Gasteiger partial charge in [0, 0.05) is 24.6 Å². The summed E-state index contributed by atoms with van der Waals surface area (Å²) in [7, 11) is -3.82. The Balaban J connectivity index is 2.30. The van der Waals surface area contributed by atoms with Gasteiger partial charge in [0.2, 0.25) is 0 Å². The van der Waals surface area contributed by atoms with E-state index in [0.717, 1.165) is 24.6 Å². The van der Waals surface area contributed by atoms with Crippen molar-refractivity contribution < 1.29 is 14.4 Å². The Bertz CT molecular complexity index is 165. The van der Waals surface area contributed by atoms with Gasteiger partial charge in [-0.05, 0) is 0 Å². The first kappa shape index (κ1) is 9.55. The minimum absolute atomic E-state index is 0.0758. The molecule has 1 rings (SSSR count). The first-order valence-electron chi connectivity index (χ1n) is 3.42. The van der Waals surface area contributed by atoms with E-state index < -0.39 is 7.60 Å². The molecule has 0 amide bonds. The van der Waals surface area contributed by atoms with Gasteiger partial charge in [-0.25, -0.2) is 0 Å². The topological polar surface area (TPSA) is 60.8 Å². The molecule has 0 aliphatic carbocycles. The van der Waals surface area contributed by atoms with Gasteiger partial charge in [-0.2, -0.15) is 11.8 Å². The van der Waals surface area contributed by atoms with Crippen LogP contribution in [0, 0.1) is 0 Å². The van der Waals surface area contributed by atoms with Crippen LogP contribution in [0.15, 0.2) is 0 Å². The second kappa shape index (κ2) is 3.92. The third kappa shape index (κ3) is 4.13. The van der Waals surface area contributed by atoms with Crippen molar-refractivity contribution in [1.82, 2.24) is 4.90 Å². The normalized spacial score (nSPS) is 22.0. The zero-order chi connectivity index (χ0) is 8.32. The van der Waals surface area contributed by atoms with Gasteiger partial charge in [0.1, 0.15) is 6.29 Å². The number of hydrogen-bond donors (Lipinski definition) is 2. The maximum atomic E-state index is 10.5. The van der Waals surface area contributed by atoms with E-state index in [2.05, 4.69) is 0 Å². The SMILES string of the molecule is O=P(O)(O)CN1CCSCC1. The summed E-state index contributed by atoms with van der Waals surface area (Å²) in [5.41, 5.74) is 0. The van der Waals surface area contributed by atoms with E-state index in [0.29, 0.717) is 0 Å². The van der Waals surface area contributed by atoms with Crippen molar-refractivity contribution in [3.63, 3.8) is 0 Å². The van der Waals surface area contributed by atoms with Crippen molar-refractivity contribution in [2.24, 2.45) is 0 Å². The molecule has 2 N–H and O–H groups in total. The summed E-state index contributed by atoms with van der Waals surface area (Å²) in [6, 6.07) is 0. The summed E-state index contributed by atoms with van der Waals surface area (Å²) in [5.74, 6) is 1.97. The molecular weight excluding hydrogens is 185 g/mol. The third-order valence-electron chi connectivity index (χ3n) is 1.49. The highest BCUT2D eigenvalue weighted by Gasteiger charge is 2.20. The van der Waals surface area contributed by atoms with Crippen LogP contribution in [-0.2, 0) is 4.57 Å². The number of rotatable bonds is 2. The van der Waals surface area contributed by atoms with Gasteiger partial charge in [-0.3, -0.25) is 9.46 Å². The van der Waals surface area contributed by atoms with E-state index in [9.17, 15) is 4.57 Å². The molecule has 0 atom stereocenters. The number of hydrogen-bond acceptors (Lipinski definition) is 3. The molecule has 0 radical (unpaired) electrons. The lowest BCUT2D eigenvalue weighted by Gasteiger charge is -2.25. The Morgan fingerprint density at radius 3 is 2.36 bits per heavy atom. The molecule has 0 spiro atoms. The zero-order valence-corrected chi connectivity index (χ0v) is 7.85. The predicted octanol–water partition coefficient (Wildman–Crippen LogP) is 0.170. The first-order chi connectivity index (χ1) is 5.08. The van der Waals surface area contributed by atoms with Crippen molar-refractivity contribution in [3.8, 4) is 0 Å². The Hall–Kier alpha value is 0.460. The van der Waals surface area contributed by atoms with E-state index in [-0.39, 0.29) is 6.29 Å². The first-order valence-corrected chi connectivity index (χ1v) is 6.38. The van der Waals surface area contributed by atoms with Crippen LogP contribution in [0.1, 0.15) is 0 Å². The molecule has 66 valence electrons. The van der Waals surface area contributed by atoms with Crippen LogP contribution in [0.3, 0.4) is 0 Å². The average molecular weight is 197 g/mol. The van der Waals surface area contributed by atoms with Gasteiger partial charge in [-0.15, -0.1) is 0 Å². The summed E-state index contributed by atoms with van der Waals surface area (Å²) in [6.45, 7) is 1.60. The van der Waals surface area contributed by atoms with Gasteiger partial charge >= 0.3 is 7.60 Å². The quantitative estimate of drug-likeness (QED) is 0.618. The van der Waals surface area contributed by atoms with Gasteiger partial charge in [0.15, 0.2) is 0 Å². The second-order valence-electron chi connectivity index (χ2n) is 2.54. The highest BCUT2D eigenvalue weighted by atomic mass is 32.2. The van der Waals surface area contributed by atoms with Crippen molar-refractivity contribution in [3.05, 3.63) is 0 Å². The second-order valence-corrected chi connectivity index (χ2v) is 5.37. The maximum absolute atomic E-state index is 10.5. The molecule has 0 bridgehead atoms. The molecule has 0 aromatic carbocycles. The minimum Gasteiger partial charge on any atom is -0.324 e. The number of thioether (sulfide) groups is 1. The Morgan fingerprint density at radius 1 is 1.36 bits per heavy atom. The van der Waals surface area contributed by atoms with Crippen molar-refractivity contribution in [1.29, 1.82) is 0 Å². The molecule has 1 aliphatic heterocycles. The van der Waals surface area contributed by atoms with Crippen LogP contribution in [0.4, 0.5) is 0 Å².